The Morgan fingerprint density at radius 3 is 1.37 bits per heavy atom. The zero-order valence-electron chi connectivity index (χ0n) is 46.1. The third kappa shape index (κ3) is 37.5. The Kier molecular flexibility index (Phi) is 46.4. The van der Waals surface area contributed by atoms with Gasteiger partial charge in [-0.3, -0.25) is 9.59 Å². The van der Waals surface area contributed by atoms with Crippen LogP contribution in [0.25, 0.3) is 0 Å². The van der Waals surface area contributed by atoms with Crippen molar-refractivity contribution in [2.45, 2.75) is 333 Å². The number of allylic oxidation sites excluding steroid dienone is 3. The molecule has 1 amide bonds. The van der Waals surface area contributed by atoms with Crippen LogP contribution in [0.4, 0.5) is 0 Å². The molecular formula is C60H113NO10. The summed E-state index contributed by atoms with van der Waals surface area (Å²) in [4.78, 5) is 26.5. The molecule has 8 atom stereocenters. The summed E-state index contributed by atoms with van der Waals surface area (Å²) < 4.78 is 17.6. The van der Waals surface area contributed by atoms with Gasteiger partial charge in [-0.05, 0) is 51.4 Å². The predicted octanol–water partition coefficient (Wildman–Crippen LogP) is 13.7. The van der Waals surface area contributed by atoms with Crippen molar-refractivity contribution < 1.29 is 49.3 Å². The van der Waals surface area contributed by atoms with Crippen molar-refractivity contribution in [2.75, 3.05) is 13.2 Å². The summed E-state index contributed by atoms with van der Waals surface area (Å²) in [6.45, 7) is 5.79. The summed E-state index contributed by atoms with van der Waals surface area (Å²) in [6, 6.07) is -1.02. The molecule has 0 aromatic heterocycles. The lowest BCUT2D eigenvalue weighted by atomic mass is 9.99. The van der Waals surface area contributed by atoms with Crippen LogP contribution in [-0.2, 0) is 23.8 Å². The number of hydrogen-bond donors (Lipinski definition) is 6. The second-order valence-electron chi connectivity index (χ2n) is 21.1. The predicted molar refractivity (Wildman–Crippen MR) is 292 cm³/mol. The third-order valence-corrected chi connectivity index (χ3v) is 14.4. The van der Waals surface area contributed by atoms with Gasteiger partial charge in [0.1, 0.15) is 24.4 Å². The van der Waals surface area contributed by atoms with E-state index in [-0.39, 0.29) is 13.0 Å². The molecule has 1 aliphatic rings. The van der Waals surface area contributed by atoms with Gasteiger partial charge in [-0.2, -0.15) is 0 Å². The Hall–Kier alpha value is -1.86. The number of hydrogen-bond acceptors (Lipinski definition) is 10. The molecule has 0 aliphatic carbocycles. The maximum absolute atomic E-state index is 13.4. The fraction of sp³-hybridized carbons (Fsp3) is 0.900. The van der Waals surface area contributed by atoms with E-state index in [0.29, 0.717) is 19.3 Å². The van der Waals surface area contributed by atoms with Crippen molar-refractivity contribution in [3.8, 4) is 0 Å². The van der Waals surface area contributed by atoms with E-state index in [4.69, 9.17) is 14.2 Å². The van der Waals surface area contributed by atoms with Gasteiger partial charge in [0.2, 0.25) is 5.91 Å². The fourth-order valence-corrected chi connectivity index (χ4v) is 9.53. The smallest absolute Gasteiger partial charge is 0.306 e. The molecule has 0 aromatic carbocycles. The van der Waals surface area contributed by atoms with E-state index in [2.05, 4.69) is 38.2 Å². The monoisotopic (exact) mass is 1010 g/mol. The number of unbranched alkanes of at least 4 members (excludes halogenated alkanes) is 35. The van der Waals surface area contributed by atoms with Crippen molar-refractivity contribution in [3.63, 3.8) is 0 Å². The van der Waals surface area contributed by atoms with Crippen molar-refractivity contribution >= 4 is 11.9 Å². The highest BCUT2D eigenvalue weighted by atomic mass is 16.7. The minimum Gasteiger partial charge on any atom is -0.454 e. The molecule has 0 bridgehead atoms. The Balaban J connectivity index is 2.70. The number of ether oxygens (including phenoxy) is 3. The topological polar surface area (TPSA) is 175 Å². The van der Waals surface area contributed by atoms with E-state index < -0.39 is 67.4 Å². The summed E-state index contributed by atoms with van der Waals surface area (Å²) in [6.07, 6.45) is 45.0. The molecule has 0 radical (unpaired) electrons. The lowest BCUT2D eigenvalue weighted by Crippen LogP contribution is -2.61. The highest BCUT2D eigenvalue weighted by molar-refractivity contribution is 5.80. The molecule has 418 valence electrons. The van der Waals surface area contributed by atoms with E-state index in [1.54, 1.807) is 6.08 Å². The van der Waals surface area contributed by atoms with Crippen LogP contribution in [0.2, 0.25) is 0 Å². The quantitative estimate of drug-likeness (QED) is 0.0195. The average Bonchev–Trinajstić information content (AvgIpc) is 3.37. The van der Waals surface area contributed by atoms with Gasteiger partial charge < -0.3 is 45.1 Å². The van der Waals surface area contributed by atoms with Crippen LogP contribution in [0.1, 0.15) is 284 Å². The van der Waals surface area contributed by atoms with Gasteiger partial charge in [-0.25, -0.2) is 0 Å². The minimum absolute atomic E-state index is 0.122. The maximum Gasteiger partial charge on any atom is 0.306 e. The van der Waals surface area contributed by atoms with Gasteiger partial charge in [0.25, 0.3) is 0 Å². The van der Waals surface area contributed by atoms with Gasteiger partial charge in [0.05, 0.1) is 25.4 Å². The SMILES string of the molecule is CCCCCCCC/C=C/CCCCCCCCCC(=O)OC1C(OCC(NC(=O)C(O)CCCCCCCCCCCCCC)C(O)/C=C/CCCCCCCCCCCCC)OC(CO)C(O)C1O. The van der Waals surface area contributed by atoms with Crippen molar-refractivity contribution in [1.29, 1.82) is 0 Å². The normalized spacial score (nSPS) is 19.7. The molecule has 8 unspecified atom stereocenters. The van der Waals surface area contributed by atoms with Crippen LogP contribution in [0.3, 0.4) is 0 Å². The minimum atomic E-state index is -1.61. The maximum atomic E-state index is 13.4. The second-order valence-corrected chi connectivity index (χ2v) is 21.1. The van der Waals surface area contributed by atoms with Crippen LogP contribution in [0.15, 0.2) is 24.3 Å². The van der Waals surface area contributed by atoms with Crippen LogP contribution < -0.4 is 5.32 Å². The highest BCUT2D eigenvalue weighted by Gasteiger charge is 2.47. The Morgan fingerprint density at radius 2 is 0.930 bits per heavy atom. The van der Waals surface area contributed by atoms with Gasteiger partial charge in [0.15, 0.2) is 12.4 Å². The summed E-state index contributed by atoms with van der Waals surface area (Å²) in [5.74, 6) is -1.19. The third-order valence-electron chi connectivity index (χ3n) is 14.4. The van der Waals surface area contributed by atoms with E-state index in [0.717, 1.165) is 70.6 Å². The number of aliphatic hydroxyl groups is 5. The molecule has 11 heteroatoms. The van der Waals surface area contributed by atoms with E-state index in [9.17, 15) is 35.1 Å². The first kappa shape index (κ1) is 67.2. The molecule has 6 N–H and O–H groups in total. The van der Waals surface area contributed by atoms with E-state index in [1.807, 2.05) is 6.08 Å². The van der Waals surface area contributed by atoms with Crippen LogP contribution in [0.5, 0.6) is 0 Å². The fourth-order valence-electron chi connectivity index (χ4n) is 9.53. The summed E-state index contributed by atoms with van der Waals surface area (Å²) in [7, 11) is 0. The number of carbonyl (C=O) groups is 2. The molecule has 1 saturated heterocycles. The van der Waals surface area contributed by atoms with E-state index in [1.165, 1.54) is 167 Å². The highest BCUT2D eigenvalue weighted by Crippen LogP contribution is 2.26. The summed E-state index contributed by atoms with van der Waals surface area (Å²) in [5.41, 5.74) is 0. The molecule has 11 nitrogen and oxygen atoms in total. The molecule has 71 heavy (non-hydrogen) atoms. The zero-order valence-corrected chi connectivity index (χ0v) is 46.1. The summed E-state index contributed by atoms with van der Waals surface area (Å²) >= 11 is 0. The number of nitrogens with one attached hydrogen (secondary N) is 1. The van der Waals surface area contributed by atoms with Gasteiger partial charge >= 0.3 is 5.97 Å². The van der Waals surface area contributed by atoms with Crippen molar-refractivity contribution in [1.82, 2.24) is 5.32 Å². The largest absolute Gasteiger partial charge is 0.454 e. The first-order valence-corrected chi connectivity index (χ1v) is 30.1. The number of rotatable bonds is 51. The van der Waals surface area contributed by atoms with Crippen LogP contribution in [0, 0.1) is 0 Å². The van der Waals surface area contributed by atoms with Crippen molar-refractivity contribution in [2.24, 2.45) is 0 Å². The average molecular weight is 1010 g/mol. The van der Waals surface area contributed by atoms with Crippen LogP contribution in [-0.4, -0.2) is 99.6 Å². The van der Waals surface area contributed by atoms with E-state index >= 15 is 0 Å². The Labute approximate surface area is 435 Å². The Morgan fingerprint density at radius 1 is 0.535 bits per heavy atom. The lowest BCUT2D eigenvalue weighted by molar-refractivity contribution is -0.305. The Bertz CT molecular complexity index is 1250. The molecule has 1 heterocycles. The van der Waals surface area contributed by atoms with Crippen LogP contribution >= 0.6 is 0 Å². The molecule has 0 spiro atoms. The molecule has 1 fully saturated rings. The molecule has 1 rings (SSSR count). The number of amides is 1. The second kappa shape index (κ2) is 49.0. The molecule has 0 saturated carbocycles. The van der Waals surface area contributed by atoms with Crippen molar-refractivity contribution in [3.05, 3.63) is 24.3 Å². The van der Waals surface area contributed by atoms with Gasteiger partial charge in [-0.15, -0.1) is 0 Å². The lowest BCUT2D eigenvalue weighted by Gasteiger charge is -2.41. The first-order valence-electron chi connectivity index (χ1n) is 30.1. The zero-order chi connectivity index (χ0) is 51.8. The number of esters is 1. The standard InChI is InChI=1S/C60H113NO10/c1-4-7-10-13-16-19-22-25-26-27-28-30-33-36-39-42-45-48-55(65)71-58-57(67)56(66)54(49-62)70-60(58)69-50-51(52(63)46-43-40-37-34-32-29-23-20-17-14-11-8-5-2)61-59(68)53(64)47-44-41-38-35-31-24-21-18-15-12-9-6-3/h25-26,43,46,51-54,56-58,60,62-64,66-67H,4-24,27-42,44-45,47-50H2,1-3H3,(H,61,68)/b26-25+,46-43+. The summed E-state index contributed by atoms with van der Waals surface area (Å²) in [5, 5.41) is 56.9. The molecular weight excluding hydrogens is 895 g/mol. The number of aliphatic hydroxyl groups excluding tert-OH is 5. The van der Waals surface area contributed by atoms with Gasteiger partial charge in [0, 0.05) is 6.42 Å². The molecule has 0 aromatic rings. The van der Waals surface area contributed by atoms with Gasteiger partial charge in [-0.1, -0.05) is 251 Å². The molecule has 1 aliphatic heterocycles. The number of carbonyl (C=O) groups excluding carboxylic acids is 2. The first-order chi connectivity index (χ1) is 34.7.